The van der Waals surface area contributed by atoms with Crippen LogP contribution < -0.4 is 0 Å². The minimum atomic E-state index is -0.224. The highest BCUT2D eigenvalue weighted by atomic mass is 16.5. The number of carbonyl (C=O) groups is 1. The fourth-order valence-electron chi connectivity index (χ4n) is 3.31. The van der Waals surface area contributed by atoms with E-state index in [2.05, 4.69) is 10.2 Å². The van der Waals surface area contributed by atoms with Gasteiger partial charge in [0.2, 0.25) is 17.7 Å². The zero-order chi connectivity index (χ0) is 18.4. The van der Waals surface area contributed by atoms with Crippen LogP contribution in [0.25, 0.3) is 0 Å². The van der Waals surface area contributed by atoms with Gasteiger partial charge in [-0.1, -0.05) is 30.3 Å². The summed E-state index contributed by atoms with van der Waals surface area (Å²) in [5.41, 5.74) is 1.01. The summed E-state index contributed by atoms with van der Waals surface area (Å²) in [6.07, 6.45) is 4.94. The average Bonchev–Trinajstić information content (AvgIpc) is 3.11. The van der Waals surface area contributed by atoms with Crippen LogP contribution in [-0.2, 0) is 9.53 Å². The van der Waals surface area contributed by atoms with Gasteiger partial charge in [-0.2, -0.15) is 0 Å². The molecule has 6 nitrogen and oxygen atoms in total. The Labute approximate surface area is 154 Å². The lowest BCUT2D eigenvalue weighted by molar-refractivity contribution is -0.130. The predicted molar refractivity (Wildman–Crippen MR) is 97.8 cm³/mol. The van der Waals surface area contributed by atoms with E-state index in [4.69, 9.17) is 9.15 Å². The first-order valence-electron chi connectivity index (χ1n) is 9.34. The van der Waals surface area contributed by atoms with Crippen LogP contribution in [0.1, 0.15) is 55.4 Å². The lowest BCUT2D eigenvalue weighted by Crippen LogP contribution is -2.32. The van der Waals surface area contributed by atoms with Crippen LogP contribution in [0.4, 0.5) is 0 Å². The predicted octanol–water partition coefficient (Wildman–Crippen LogP) is 3.32. The molecule has 1 fully saturated rings. The van der Waals surface area contributed by atoms with Gasteiger partial charge in [0.15, 0.2) is 0 Å². The molecule has 0 N–H and O–H groups in total. The molecule has 3 rings (SSSR count). The van der Waals surface area contributed by atoms with E-state index in [-0.39, 0.29) is 17.9 Å². The molecule has 1 aliphatic heterocycles. The Balaban J connectivity index is 1.63. The number of aromatic nitrogens is 2. The summed E-state index contributed by atoms with van der Waals surface area (Å²) in [5, 5.41) is 8.07. The Morgan fingerprint density at radius 1 is 1.27 bits per heavy atom. The Kier molecular flexibility index (Phi) is 6.39. The fraction of sp³-hybridized carbons (Fsp3) is 0.550. The van der Waals surface area contributed by atoms with Crippen LogP contribution in [-0.4, -0.2) is 47.3 Å². The average molecular weight is 357 g/mol. The molecule has 2 heterocycles. The van der Waals surface area contributed by atoms with Crippen LogP contribution in [0.15, 0.2) is 34.7 Å². The van der Waals surface area contributed by atoms with Gasteiger partial charge in [-0.05, 0) is 31.2 Å². The molecule has 0 spiro atoms. The standard InChI is InChI=1S/C20H27N3O3/c1-15-21-22-20(26-15)18(16-8-4-3-5-9-16)14-19(24)23(2)12-11-17-10-6-7-13-25-17/h3-5,8-9,17-18H,6-7,10-14H2,1-2H3. The smallest absolute Gasteiger partial charge is 0.224 e. The van der Waals surface area contributed by atoms with Crippen LogP contribution in [0.5, 0.6) is 0 Å². The van der Waals surface area contributed by atoms with Crippen molar-refractivity contribution in [3.63, 3.8) is 0 Å². The maximum Gasteiger partial charge on any atom is 0.224 e. The molecule has 1 aliphatic rings. The highest BCUT2D eigenvalue weighted by Crippen LogP contribution is 2.27. The van der Waals surface area contributed by atoms with Crippen molar-refractivity contribution in [1.82, 2.24) is 15.1 Å². The highest BCUT2D eigenvalue weighted by molar-refractivity contribution is 5.77. The number of hydrogen-bond acceptors (Lipinski definition) is 5. The van der Waals surface area contributed by atoms with E-state index in [1.165, 1.54) is 6.42 Å². The monoisotopic (exact) mass is 357 g/mol. The van der Waals surface area contributed by atoms with Crippen molar-refractivity contribution in [2.24, 2.45) is 0 Å². The molecule has 0 bridgehead atoms. The van der Waals surface area contributed by atoms with Gasteiger partial charge in [0.25, 0.3) is 0 Å². The quantitative estimate of drug-likeness (QED) is 0.760. The Morgan fingerprint density at radius 3 is 2.73 bits per heavy atom. The molecular weight excluding hydrogens is 330 g/mol. The highest BCUT2D eigenvalue weighted by Gasteiger charge is 2.25. The third-order valence-electron chi connectivity index (χ3n) is 4.91. The van der Waals surface area contributed by atoms with E-state index >= 15 is 0 Å². The summed E-state index contributed by atoms with van der Waals surface area (Å²) >= 11 is 0. The molecule has 26 heavy (non-hydrogen) atoms. The van der Waals surface area contributed by atoms with E-state index in [9.17, 15) is 4.79 Å². The summed E-state index contributed by atoms with van der Waals surface area (Å²) < 4.78 is 11.4. The molecule has 1 aromatic heterocycles. The molecule has 2 atom stereocenters. The second kappa shape index (κ2) is 8.94. The molecule has 140 valence electrons. The minimum absolute atomic E-state index is 0.0746. The van der Waals surface area contributed by atoms with Crippen molar-refractivity contribution < 1.29 is 13.9 Å². The summed E-state index contributed by atoms with van der Waals surface area (Å²) in [6.45, 7) is 3.31. The SMILES string of the molecule is Cc1nnc(C(CC(=O)N(C)CCC2CCCCO2)c2ccccc2)o1. The largest absolute Gasteiger partial charge is 0.425 e. The number of carbonyl (C=O) groups excluding carboxylic acids is 1. The summed E-state index contributed by atoms with van der Waals surface area (Å²) in [7, 11) is 1.85. The van der Waals surface area contributed by atoms with Crippen molar-refractivity contribution in [3.8, 4) is 0 Å². The maximum atomic E-state index is 12.8. The molecule has 0 aliphatic carbocycles. The zero-order valence-corrected chi connectivity index (χ0v) is 15.6. The number of aryl methyl sites for hydroxylation is 1. The number of rotatable bonds is 7. The third kappa shape index (κ3) is 4.91. The second-order valence-corrected chi connectivity index (χ2v) is 6.92. The minimum Gasteiger partial charge on any atom is -0.425 e. The van der Waals surface area contributed by atoms with Crippen molar-refractivity contribution in [1.29, 1.82) is 0 Å². The van der Waals surface area contributed by atoms with Gasteiger partial charge in [-0.15, -0.1) is 10.2 Å². The van der Waals surface area contributed by atoms with Crippen LogP contribution in [0.2, 0.25) is 0 Å². The first kappa shape index (κ1) is 18.6. The molecule has 6 heteroatoms. The fourth-order valence-corrected chi connectivity index (χ4v) is 3.31. The van der Waals surface area contributed by atoms with Crippen molar-refractivity contribution >= 4 is 5.91 Å². The molecule has 0 saturated carbocycles. The van der Waals surface area contributed by atoms with Crippen LogP contribution in [0, 0.1) is 6.92 Å². The number of hydrogen-bond donors (Lipinski definition) is 0. The first-order valence-corrected chi connectivity index (χ1v) is 9.34. The molecule has 2 aromatic rings. The Bertz CT molecular complexity index is 695. The van der Waals surface area contributed by atoms with Gasteiger partial charge >= 0.3 is 0 Å². The van der Waals surface area contributed by atoms with Crippen molar-refractivity contribution in [2.45, 2.75) is 51.0 Å². The number of benzene rings is 1. The maximum absolute atomic E-state index is 12.8. The molecule has 1 saturated heterocycles. The van der Waals surface area contributed by atoms with Crippen molar-refractivity contribution in [2.75, 3.05) is 20.2 Å². The van der Waals surface area contributed by atoms with E-state index in [0.29, 0.717) is 24.7 Å². The normalized spacial score (nSPS) is 18.5. The van der Waals surface area contributed by atoms with E-state index in [1.807, 2.05) is 37.4 Å². The topological polar surface area (TPSA) is 68.5 Å². The molecule has 2 unspecified atom stereocenters. The van der Waals surface area contributed by atoms with Gasteiger partial charge in [-0.25, -0.2) is 0 Å². The first-order chi connectivity index (χ1) is 12.6. The lowest BCUT2D eigenvalue weighted by Gasteiger charge is -2.26. The van der Waals surface area contributed by atoms with Gasteiger partial charge in [-0.3, -0.25) is 4.79 Å². The van der Waals surface area contributed by atoms with E-state index in [1.54, 1.807) is 11.8 Å². The Morgan fingerprint density at radius 2 is 2.08 bits per heavy atom. The van der Waals surface area contributed by atoms with Gasteiger partial charge < -0.3 is 14.1 Å². The molecule has 0 radical (unpaired) electrons. The molecular formula is C20H27N3O3. The van der Waals surface area contributed by atoms with E-state index < -0.39 is 0 Å². The van der Waals surface area contributed by atoms with Crippen LogP contribution >= 0.6 is 0 Å². The van der Waals surface area contributed by atoms with Crippen LogP contribution in [0.3, 0.4) is 0 Å². The number of amides is 1. The van der Waals surface area contributed by atoms with E-state index in [0.717, 1.165) is 31.4 Å². The van der Waals surface area contributed by atoms with Crippen molar-refractivity contribution in [3.05, 3.63) is 47.7 Å². The second-order valence-electron chi connectivity index (χ2n) is 6.92. The number of ether oxygens (including phenoxy) is 1. The summed E-state index contributed by atoms with van der Waals surface area (Å²) in [4.78, 5) is 14.6. The molecule has 1 amide bonds. The summed E-state index contributed by atoms with van der Waals surface area (Å²) in [5.74, 6) is 0.853. The lowest BCUT2D eigenvalue weighted by atomic mass is 9.95. The third-order valence-corrected chi connectivity index (χ3v) is 4.91. The van der Waals surface area contributed by atoms with Gasteiger partial charge in [0.1, 0.15) is 0 Å². The number of nitrogens with zero attached hydrogens (tertiary/aromatic N) is 3. The Hall–Kier alpha value is -2.21. The zero-order valence-electron chi connectivity index (χ0n) is 15.6. The summed E-state index contributed by atoms with van der Waals surface area (Å²) in [6, 6.07) is 9.86. The van der Waals surface area contributed by atoms with Gasteiger partial charge in [0, 0.05) is 33.5 Å². The molecule has 1 aromatic carbocycles. The van der Waals surface area contributed by atoms with Gasteiger partial charge in [0.05, 0.1) is 12.0 Å².